The van der Waals surface area contributed by atoms with Gasteiger partial charge in [-0.3, -0.25) is 9.59 Å². The summed E-state index contributed by atoms with van der Waals surface area (Å²) in [7, 11) is 0. The maximum atomic E-state index is 12.5. The molecule has 0 N–H and O–H groups in total. The predicted molar refractivity (Wildman–Crippen MR) is 104 cm³/mol. The van der Waals surface area contributed by atoms with Crippen LogP contribution in [0.1, 0.15) is 45.1 Å². The van der Waals surface area contributed by atoms with Crippen LogP contribution >= 0.6 is 0 Å². The zero-order valence-electron chi connectivity index (χ0n) is 16.0. The van der Waals surface area contributed by atoms with Gasteiger partial charge in [-0.05, 0) is 51.5 Å². The highest BCUT2D eigenvalue weighted by Crippen LogP contribution is 2.34. The van der Waals surface area contributed by atoms with Gasteiger partial charge < -0.3 is 9.47 Å². The fourth-order valence-electron chi connectivity index (χ4n) is 2.95. The van der Waals surface area contributed by atoms with E-state index < -0.39 is 17.4 Å². The van der Waals surface area contributed by atoms with E-state index in [9.17, 15) is 9.59 Å². The van der Waals surface area contributed by atoms with E-state index in [2.05, 4.69) is 25.3 Å². The van der Waals surface area contributed by atoms with Gasteiger partial charge in [-0.15, -0.1) is 6.58 Å². The number of hydrogen-bond donors (Lipinski definition) is 0. The largest absolute Gasteiger partial charge is 0.465 e. The van der Waals surface area contributed by atoms with E-state index in [0.717, 1.165) is 18.4 Å². The van der Waals surface area contributed by atoms with Crippen LogP contribution in [0, 0.1) is 5.41 Å². The van der Waals surface area contributed by atoms with Crippen molar-refractivity contribution in [3.05, 3.63) is 60.7 Å². The molecule has 142 valence electrons. The molecule has 1 aromatic carbocycles. The monoisotopic (exact) mass is 358 g/mol. The van der Waals surface area contributed by atoms with Crippen molar-refractivity contribution in [3.8, 4) is 0 Å². The molecule has 0 fully saturated rings. The number of allylic oxidation sites excluding steroid dienone is 2. The normalized spacial score (nSPS) is 10.8. The Hall–Kier alpha value is -2.36. The molecule has 0 unspecified atom stereocenters. The van der Waals surface area contributed by atoms with Crippen LogP contribution in [0.4, 0.5) is 0 Å². The van der Waals surface area contributed by atoms with Gasteiger partial charge in [0.05, 0.1) is 13.2 Å². The Morgan fingerprint density at radius 2 is 1.65 bits per heavy atom. The molecular weight excluding hydrogens is 328 g/mol. The molecule has 1 rings (SSSR count). The van der Waals surface area contributed by atoms with Crippen molar-refractivity contribution in [2.24, 2.45) is 5.41 Å². The van der Waals surface area contributed by atoms with Gasteiger partial charge in [0.25, 0.3) is 0 Å². The van der Waals surface area contributed by atoms with Crippen LogP contribution < -0.4 is 0 Å². The molecule has 0 saturated carbocycles. The fourth-order valence-corrected chi connectivity index (χ4v) is 2.95. The molecule has 0 spiro atoms. The van der Waals surface area contributed by atoms with Crippen LogP contribution in [-0.4, -0.2) is 25.2 Å². The molecule has 0 aliphatic heterocycles. The molecule has 0 amide bonds. The van der Waals surface area contributed by atoms with E-state index in [0.29, 0.717) is 12.8 Å². The molecule has 4 heteroatoms. The molecule has 0 radical (unpaired) electrons. The van der Waals surface area contributed by atoms with Gasteiger partial charge in [0.2, 0.25) is 0 Å². The summed E-state index contributed by atoms with van der Waals surface area (Å²) < 4.78 is 10.3. The van der Waals surface area contributed by atoms with E-state index in [-0.39, 0.29) is 19.6 Å². The van der Waals surface area contributed by atoms with Crippen molar-refractivity contribution >= 4 is 11.9 Å². The lowest BCUT2D eigenvalue weighted by atomic mass is 9.79. The molecular formula is C22H30O4. The summed E-state index contributed by atoms with van der Waals surface area (Å²) in [5, 5.41) is 0. The third-order valence-electron chi connectivity index (χ3n) is 4.26. The molecule has 0 saturated heterocycles. The van der Waals surface area contributed by atoms with Crippen LogP contribution in [0.15, 0.2) is 55.1 Å². The molecule has 0 aliphatic carbocycles. The summed E-state index contributed by atoms with van der Waals surface area (Å²) in [6.07, 6.45) is 4.30. The number of carbonyl (C=O) groups excluding carboxylic acids is 2. The van der Waals surface area contributed by atoms with E-state index in [1.807, 2.05) is 18.2 Å². The van der Waals surface area contributed by atoms with Crippen LogP contribution in [-0.2, 0) is 25.5 Å². The van der Waals surface area contributed by atoms with Crippen LogP contribution in [0.25, 0.3) is 0 Å². The lowest BCUT2D eigenvalue weighted by Gasteiger charge is -2.28. The van der Waals surface area contributed by atoms with E-state index in [4.69, 9.17) is 9.47 Å². The van der Waals surface area contributed by atoms with Crippen LogP contribution in [0.5, 0.6) is 0 Å². The van der Waals surface area contributed by atoms with Gasteiger partial charge in [-0.25, -0.2) is 0 Å². The molecule has 26 heavy (non-hydrogen) atoms. The summed E-state index contributed by atoms with van der Waals surface area (Å²) in [5.41, 5.74) is 0.947. The minimum absolute atomic E-state index is 0.204. The Kier molecular flexibility index (Phi) is 9.42. The van der Waals surface area contributed by atoms with Crippen molar-refractivity contribution in [3.63, 3.8) is 0 Å². The summed E-state index contributed by atoms with van der Waals surface area (Å²) in [5.74, 6) is -1.07. The molecule has 0 aliphatic rings. The Morgan fingerprint density at radius 1 is 1.08 bits per heavy atom. The molecule has 0 atom stereocenters. The first-order valence-electron chi connectivity index (χ1n) is 9.16. The second-order valence-corrected chi connectivity index (χ2v) is 6.28. The van der Waals surface area contributed by atoms with Crippen molar-refractivity contribution in [1.29, 1.82) is 0 Å². The molecule has 4 nitrogen and oxygen atoms in total. The molecule has 0 aromatic heterocycles. The number of esters is 2. The smallest absolute Gasteiger partial charge is 0.323 e. The average Bonchev–Trinajstić information content (AvgIpc) is 2.62. The molecule has 1 aromatic rings. The van der Waals surface area contributed by atoms with Crippen molar-refractivity contribution in [2.45, 2.75) is 46.0 Å². The highest BCUT2D eigenvalue weighted by atomic mass is 16.6. The highest BCUT2D eigenvalue weighted by Gasteiger charge is 2.47. The molecule has 0 bridgehead atoms. The number of hydrogen-bond acceptors (Lipinski definition) is 4. The first-order chi connectivity index (χ1) is 12.5. The number of ether oxygens (including phenoxy) is 2. The summed E-state index contributed by atoms with van der Waals surface area (Å²) in [6, 6.07) is 10.1. The lowest BCUT2D eigenvalue weighted by molar-refractivity contribution is -0.172. The summed E-state index contributed by atoms with van der Waals surface area (Å²) >= 11 is 0. The van der Waals surface area contributed by atoms with E-state index >= 15 is 0 Å². The number of carbonyl (C=O) groups is 2. The Morgan fingerprint density at radius 3 is 2.15 bits per heavy atom. The predicted octanol–water partition coefficient (Wildman–Crippen LogP) is 4.64. The minimum Gasteiger partial charge on any atom is -0.465 e. The second kappa shape index (κ2) is 11.3. The highest BCUT2D eigenvalue weighted by molar-refractivity contribution is 6.00. The minimum atomic E-state index is -1.32. The fraction of sp³-hybridized carbons (Fsp3) is 0.455. The number of benzene rings is 1. The van der Waals surface area contributed by atoms with Gasteiger partial charge in [0.15, 0.2) is 5.41 Å². The van der Waals surface area contributed by atoms with Gasteiger partial charge >= 0.3 is 11.9 Å². The lowest BCUT2D eigenvalue weighted by Crippen LogP contribution is -2.42. The zero-order chi connectivity index (χ0) is 19.4. The van der Waals surface area contributed by atoms with E-state index in [1.54, 1.807) is 19.9 Å². The SMILES string of the molecule is C=CCC(CCCC(=C)Cc1ccccc1)(C(=O)OCC)C(=O)OCC. The van der Waals surface area contributed by atoms with Crippen molar-refractivity contribution in [2.75, 3.05) is 13.2 Å². The Balaban J connectivity index is 2.77. The van der Waals surface area contributed by atoms with Crippen LogP contribution in [0.2, 0.25) is 0 Å². The topological polar surface area (TPSA) is 52.6 Å². The Bertz CT molecular complexity index is 586. The standard InChI is InChI=1S/C22H30O4/c1-5-15-22(20(23)25-6-2,21(24)26-7-3)16-11-12-18(4)17-19-13-9-8-10-14-19/h5,8-10,13-14H,1,4,6-7,11-12,15-17H2,2-3H3. The molecule has 0 heterocycles. The third-order valence-corrected chi connectivity index (χ3v) is 4.26. The summed E-state index contributed by atoms with van der Waals surface area (Å²) in [4.78, 5) is 25.1. The summed E-state index contributed by atoms with van der Waals surface area (Å²) in [6.45, 7) is 11.7. The number of rotatable bonds is 12. The first kappa shape index (κ1) is 21.7. The van der Waals surface area contributed by atoms with Crippen molar-refractivity contribution in [1.82, 2.24) is 0 Å². The average molecular weight is 358 g/mol. The maximum Gasteiger partial charge on any atom is 0.323 e. The maximum absolute atomic E-state index is 12.5. The van der Waals surface area contributed by atoms with E-state index in [1.165, 1.54) is 5.56 Å². The second-order valence-electron chi connectivity index (χ2n) is 6.28. The van der Waals surface area contributed by atoms with Gasteiger partial charge in [-0.1, -0.05) is 48.6 Å². The quantitative estimate of drug-likeness (QED) is 0.310. The van der Waals surface area contributed by atoms with Crippen LogP contribution in [0.3, 0.4) is 0 Å². The van der Waals surface area contributed by atoms with Gasteiger partial charge in [0.1, 0.15) is 0 Å². The van der Waals surface area contributed by atoms with Gasteiger partial charge in [-0.2, -0.15) is 0 Å². The van der Waals surface area contributed by atoms with Gasteiger partial charge in [0, 0.05) is 0 Å². The third kappa shape index (κ3) is 6.17. The zero-order valence-corrected chi connectivity index (χ0v) is 16.0. The first-order valence-corrected chi connectivity index (χ1v) is 9.16. The van der Waals surface area contributed by atoms with Crippen molar-refractivity contribution < 1.29 is 19.1 Å². The Labute approximate surface area is 156 Å².